The van der Waals surface area contributed by atoms with E-state index in [2.05, 4.69) is 6.92 Å². The molecule has 2 N–H and O–H groups in total. The maximum absolute atomic E-state index is 11.1. The van der Waals surface area contributed by atoms with Crippen molar-refractivity contribution in [3.63, 3.8) is 0 Å². The Balaban J connectivity index is 1.85. The van der Waals surface area contributed by atoms with Crippen LogP contribution in [0.2, 0.25) is 0 Å². The van der Waals surface area contributed by atoms with E-state index in [1.165, 1.54) is 12.8 Å². The summed E-state index contributed by atoms with van der Waals surface area (Å²) in [6.45, 7) is 3.93. The molecule has 1 unspecified atom stereocenters. The smallest absolute Gasteiger partial charge is 0.241 e. The first kappa shape index (κ1) is 7.10. The molecule has 1 aliphatic heterocycles. The molecule has 1 atom stereocenters. The van der Waals surface area contributed by atoms with Crippen LogP contribution < -0.4 is 5.73 Å². The van der Waals surface area contributed by atoms with Gasteiger partial charge in [0.25, 0.3) is 0 Å². The molecule has 1 saturated carbocycles. The summed E-state index contributed by atoms with van der Waals surface area (Å²) in [7, 11) is 0. The number of hydrogen-bond donors (Lipinski definition) is 1. The van der Waals surface area contributed by atoms with Gasteiger partial charge in [0.05, 0.1) is 0 Å². The fraction of sp³-hybridized carbons (Fsp3) is 0.875. The van der Waals surface area contributed by atoms with E-state index in [4.69, 9.17) is 5.73 Å². The average molecular weight is 154 g/mol. The van der Waals surface area contributed by atoms with Crippen LogP contribution in [-0.4, -0.2) is 29.9 Å². The summed E-state index contributed by atoms with van der Waals surface area (Å²) in [4.78, 5) is 12.9. The zero-order valence-corrected chi connectivity index (χ0v) is 6.84. The number of nitrogens with zero attached hydrogens (tertiary/aromatic N) is 1. The molecule has 0 spiro atoms. The maximum Gasteiger partial charge on any atom is 0.241 e. The lowest BCUT2D eigenvalue weighted by Crippen LogP contribution is -2.61. The molecule has 0 aromatic rings. The van der Waals surface area contributed by atoms with Crippen LogP contribution in [0.15, 0.2) is 0 Å². The van der Waals surface area contributed by atoms with Crippen LogP contribution in [0.3, 0.4) is 0 Å². The fourth-order valence-corrected chi connectivity index (χ4v) is 1.50. The van der Waals surface area contributed by atoms with Crippen molar-refractivity contribution in [3.8, 4) is 0 Å². The number of amides is 1. The lowest BCUT2D eigenvalue weighted by molar-refractivity contribution is -0.143. The van der Waals surface area contributed by atoms with Gasteiger partial charge in [-0.3, -0.25) is 4.79 Å². The third kappa shape index (κ3) is 1.13. The van der Waals surface area contributed by atoms with Crippen LogP contribution in [0, 0.1) is 5.41 Å². The van der Waals surface area contributed by atoms with E-state index in [1.807, 2.05) is 4.90 Å². The Morgan fingerprint density at radius 2 is 2.36 bits per heavy atom. The van der Waals surface area contributed by atoms with Crippen LogP contribution in [0.1, 0.15) is 19.8 Å². The molecule has 0 bridgehead atoms. The second kappa shape index (κ2) is 1.97. The standard InChI is InChI=1S/C8H14N2O/c1-8(2-3-8)5-10-4-6(9)7(10)11/h6H,2-5,9H2,1H3. The summed E-state index contributed by atoms with van der Waals surface area (Å²) in [6.07, 6.45) is 2.54. The molecule has 1 amide bonds. The quantitative estimate of drug-likeness (QED) is 0.567. The summed E-state index contributed by atoms with van der Waals surface area (Å²) in [6, 6.07) is -0.197. The van der Waals surface area contributed by atoms with Gasteiger partial charge in [-0.2, -0.15) is 0 Å². The molecule has 1 heterocycles. The minimum absolute atomic E-state index is 0.137. The van der Waals surface area contributed by atoms with Crippen LogP contribution in [0.25, 0.3) is 0 Å². The van der Waals surface area contributed by atoms with E-state index in [0.29, 0.717) is 5.41 Å². The van der Waals surface area contributed by atoms with Gasteiger partial charge in [-0.1, -0.05) is 6.92 Å². The topological polar surface area (TPSA) is 46.3 Å². The molecular weight excluding hydrogens is 140 g/mol. The number of hydrogen-bond acceptors (Lipinski definition) is 2. The molecule has 11 heavy (non-hydrogen) atoms. The van der Waals surface area contributed by atoms with E-state index >= 15 is 0 Å². The van der Waals surface area contributed by atoms with E-state index in [-0.39, 0.29) is 11.9 Å². The largest absolute Gasteiger partial charge is 0.339 e. The molecule has 2 rings (SSSR count). The van der Waals surface area contributed by atoms with Crippen molar-refractivity contribution in [1.82, 2.24) is 4.90 Å². The van der Waals surface area contributed by atoms with E-state index < -0.39 is 0 Å². The molecule has 3 heteroatoms. The summed E-state index contributed by atoms with van der Waals surface area (Å²) >= 11 is 0. The van der Waals surface area contributed by atoms with Crippen LogP contribution in [-0.2, 0) is 4.79 Å². The Labute approximate surface area is 66.5 Å². The first-order chi connectivity index (χ1) is 5.11. The number of carbonyl (C=O) groups is 1. The number of β-lactam (4-membered cyclic amide) rings is 1. The van der Waals surface area contributed by atoms with Crippen molar-refractivity contribution in [3.05, 3.63) is 0 Å². The van der Waals surface area contributed by atoms with Crippen molar-refractivity contribution < 1.29 is 4.79 Å². The third-order valence-corrected chi connectivity index (χ3v) is 2.72. The summed E-state index contributed by atoms with van der Waals surface area (Å²) in [5.41, 5.74) is 5.90. The first-order valence-electron chi connectivity index (χ1n) is 4.15. The number of likely N-dealkylation sites (tertiary alicyclic amines) is 1. The predicted molar refractivity (Wildman–Crippen MR) is 41.9 cm³/mol. The normalized spacial score (nSPS) is 33.5. The second-order valence-electron chi connectivity index (χ2n) is 4.14. The summed E-state index contributed by atoms with van der Waals surface area (Å²) in [5.74, 6) is 0.137. The number of carbonyl (C=O) groups excluding carboxylic acids is 1. The van der Waals surface area contributed by atoms with Gasteiger partial charge in [0.1, 0.15) is 6.04 Å². The van der Waals surface area contributed by atoms with Gasteiger partial charge in [0.2, 0.25) is 5.91 Å². The molecule has 0 radical (unpaired) electrons. The summed E-state index contributed by atoms with van der Waals surface area (Å²) < 4.78 is 0. The van der Waals surface area contributed by atoms with Crippen molar-refractivity contribution >= 4 is 5.91 Å². The van der Waals surface area contributed by atoms with Crippen molar-refractivity contribution in [2.45, 2.75) is 25.8 Å². The average Bonchev–Trinajstić information content (AvgIpc) is 2.67. The van der Waals surface area contributed by atoms with Crippen molar-refractivity contribution in [2.75, 3.05) is 13.1 Å². The zero-order chi connectivity index (χ0) is 8.06. The molecule has 62 valence electrons. The Bertz CT molecular complexity index is 198. The second-order valence-corrected chi connectivity index (χ2v) is 4.14. The van der Waals surface area contributed by atoms with Gasteiger partial charge in [-0.15, -0.1) is 0 Å². The summed E-state index contributed by atoms with van der Waals surface area (Å²) in [5, 5.41) is 0. The maximum atomic E-state index is 11.1. The number of nitrogens with two attached hydrogens (primary N) is 1. The van der Waals surface area contributed by atoms with E-state index in [1.54, 1.807) is 0 Å². The molecule has 1 aliphatic carbocycles. The monoisotopic (exact) mass is 154 g/mol. The van der Waals surface area contributed by atoms with Crippen LogP contribution >= 0.6 is 0 Å². The van der Waals surface area contributed by atoms with Crippen LogP contribution in [0.5, 0.6) is 0 Å². The highest BCUT2D eigenvalue weighted by Crippen LogP contribution is 2.46. The van der Waals surface area contributed by atoms with Gasteiger partial charge in [-0.05, 0) is 18.3 Å². The molecule has 2 fully saturated rings. The Hall–Kier alpha value is -0.570. The zero-order valence-electron chi connectivity index (χ0n) is 6.84. The third-order valence-electron chi connectivity index (χ3n) is 2.72. The fourth-order valence-electron chi connectivity index (χ4n) is 1.50. The van der Waals surface area contributed by atoms with Gasteiger partial charge >= 0.3 is 0 Å². The molecule has 3 nitrogen and oxygen atoms in total. The first-order valence-corrected chi connectivity index (χ1v) is 4.15. The molecule has 2 aliphatic rings. The SMILES string of the molecule is CC1(CN2CC(N)C2=O)CC1. The highest BCUT2D eigenvalue weighted by molar-refractivity contribution is 5.87. The minimum Gasteiger partial charge on any atom is -0.339 e. The minimum atomic E-state index is -0.197. The predicted octanol–water partition coefficient (Wildman–Crippen LogP) is -0.0440. The number of rotatable bonds is 2. The highest BCUT2D eigenvalue weighted by atomic mass is 16.2. The van der Waals surface area contributed by atoms with Gasteiger partial charge in [0, 0.05) is 13.1 Å². The van der Waals surface area contributed by atoms with Gasteiger partial charge < -0.3 is 10.6 Å². The van der Waals surface area contributed by atoms with E-state index in [9.17, 15) is 4.79 Å². The van der Waals surface area contributed by atoms with Gasteiger partial charge in [-0.25, -0.2) is 0 Å². The van der Waals surface area contributed by atoms with Crippen molar-refractivity contribution in [2.24, 2.45) is 11.1 Å². The molecule has 0 aromatic carbocycles. The molecule has 0 aromatic heterocycles. The Morgan fingerprint density at radius 1 is 1.73 bits per heavy atom. The Kier molecular flexibility index (Phi) is 1.27. The van der Waals surface area contributed by atoms with Crippen LogP contribution in [0.4, 0.5) is 0 Å². The van der Waals surface area contributed by atoms with E-state index in [0.717, 1.165) is 13.1 Å². The lowest BCUT2D eigenvalue weighted by Gasteiger charge is -2.38. The lowest BCUT2D eigenvalue weighted by atomic mass is 10.0. The molecule has 1 saturated heterocycles. The highest BCUT2D eigenvalue weighted by Gasteiger charge is 2.44. The Morgan fingerprint density at radius 3 is 2.73 bits per heavy atom. The van der Waals surface area contributed by atoms with Gasteiger partial charge in [0.15, 0.2) is 0 Å². The molecular formula is C8H14N2O. The van der Waals surface area contributed by atoms with Crippen molar-refractivity contribution in [1.29, 1.82) is 0 Å².